The number of phosphoric acid groups is 1. The summed E-state index contributed by atoms with van der Waals surface area (Å²) >= 11 is 0. The molecule has 572 valence electrons. The van der Waals surface area contributed by atoms with Gasteiger partial charge in [0.2, 0.25) is 11.8 Å². The second-order valence-electron chi connectivity index (χ2n) is 25.4. The van der Waals surface area contributed by atoms with Crippen LogP contribution in [-0.2, 0) is 78.7 Å². The number of carboxylic acid groups (broad SMARTS) is 1. The largest absolute Gasteiger partial charge is 1.00 e. The average molecular weight is 1540 g/mol. The molecule has 1 rings (SSSR count). The van der Waals surface area contributed by atoms with Gasteiger partial charge in [-0.2, -0.15) is 9.73 Å². The molecule has 0 radical (unpaired) electrons. The van der Waals surface area contributed by atoms with Crippen LogP contribution >= 0.6 is 47.9 Å². The zero-order valence-corrected chi connectivity index (χ0v) is 68.1. The van der Waals surface area contributed by atoms with E-state index in [0.29, 0.717) is 32.1 Å². The van der Waals surface area contributed by atoms with Gasteiger partial charge in [-0.05, 0) is 168 Å². The summed E-state index contributed by atoms with van der Waals surface area (Å²) in [5.41, 5.74) is 2.79. The van der Waals surface area contributed by atoms with Gasteiger partial charge >= 0.3 is 83.8 Å². The van der Waals surface area contributed by atoms with Crippen molar-refractivity contribution in [3.05, 3.63) is 0 Å². The standard InChI is InChI=1S/2C17H33NO3.C12H22O4.C9H21O6P3.C5H13N.C3H9O3P.Na.H3O4P.H3P/c2*1-12(2)8-9-18-16(20)14(10-13(3)4)11-15(19)21-17(5,6)7;1-8(2)6-9(11(14)15)7-10(13)16-12(3,4)5;1-4-7-16(10)13-17(11,8-5-2)15-18(12,14-16)9-6-3;1-5(2)3-4-6;1-2-3-7(4,5)6;;1-5(2,3)4;/h2*12-14H,8-11H2,1-7H3,(H,18,20);8-9H,6-7H2,1-5H3,(H,14,15);4-9H2,1-3H3;5H,3-4,6H2,1-2H3;2-3H2,1H3,(H2,4,5,6);;(H3,1,2,3,4);1H3/q;;;;;;+1;;/p-1/t2*14-;9-;;;;;;/m111....../s1/i2*1D3,8D2,9D2,12D;;;1D3,3D2,4D2,5D;;;;1T3/t2*12?,14-;;;;;;;. The van der Waals surface area contributed by atoms with Crippen molar-refractivity contribution in [2.45, 2.75) is 273 Å². The molecule has 1 aliphatic rings. The Hall–Kier alpha value is -0.960. The Balaban J connectivity index is -0.000000218. The van der Waals surface area contributed by atoms with E-state index in [2.05, 4.69) is 0 Å². The summed E-state index contributed by atoms with van der Waals surface area (Å²) in [5, 5.41) is 12.7. The molecule has 0 aromatic rings. The van der Waals surface area contributed by atoms with E-state index in [1.54, 1.807) is 118 Å². The van der Waals surface area contributed by atoms with E-state index in [4.69, 9.17) is 104 Å². The summed E-state index contributed by atoms with van der Waals surface area (Å²) in [6.07, 6.45) is -6.79. The number of hydrogen-bond donors (Lipinski definition) is 8. The van der Waals surface area contributed by atoms with Gasteiger partial charge < -0.3 is 60.2 Å². The van der Waals surface area contributed by atoms with Crippen molar-refractivity contribution in [3.63, 3.8) is 0 Å². The van der Waals surface area contributed by atoms with E-state index < -0.39 is 195 Å². The molecular formula is C63H136N3NaO23P6. The second kappa shape index (κ2) is 56.5. The first-order chi connectivity index (χ1) is 53.1. The van der Waals surface area contributed by atoms with Crippen LogP contribution in [0.25, 0.3) is 0 Å². The second-order valence-corrected chi connectivity index (χ2v) is 35.2. The predicted molar refractivity (Wildman–Crippen MR) is 383 cm³/mol. The van der Waals surface area contributed by atoms with Gasteiger partial charge in [-0.15, -0.1) is 0 Å². The molecule has 1 aliphatic heterocycles. The van der Waals surface area contributed by atoms with Crippen LogP contribution in [0.5, 0.6) is 0 Å². The summed E-state index contributed by atoms with van der Waals surface area (Å²) < 4.78 is 285. The molecule has 6 atom stereocenters. The number of esters is 3. The number of nitrogens with one attached hydrogen (secondary N) is 2. The van der Waals surface area contributed by atoms with Crippen LogP contribution in [0.2, 0.25) is 0 Å². The van der Waals surface area contributed by atoms with Crippen molar-refractivity contribution in [3.8, 4) is 0 Å². The Kier molecular flexibility index (Phi) is 38.0. The van der Waals surface area contributed by atoms with Crippen molar-refractivity contribution in [1.82, 2.24) is 10.6 Å². The molecular weight excluding hydrogens is 1380 g/mol. The van der Waals surface area contributed by atoms with Gasteiger partial charge in [0.05, 0.1) is 47.5 Å². The first kappa shape index (κ1) is 64.6. The SMILES string of the molecule is CC(C)C[C@H](CC(=O)OC(C)(C)C)C(=O)O.CCCP(=O)(O)O.CCCP1(=O)OP(=O)(CCC)OP(=O)(CCC)O1.O=P([O-])(O)O.[2H]C([2H])([2H])C([2H])(C)C([2H])([2H])C([2H])([2H])N.[2H]C([2H])([2H])C([2H])(C)C([2H])([2H])C([2H])([2H])NC(=O)[C@@H](CC(=O)OC(C)(C)C)CC(C)C.[2H]C([2H])([2H])C([2H])(C)C([2H])([2H])C([2H])([2H])NC(=O)[C@@H](CC(=O)OC(C)(C)C)CC(C)C.[3H]P([3H])[3H].[Na+]. The number of aliphatic carboxylic acids is 1. The number of carbonyl (C=O) groups is 6. The molecule has 2 amide bonds. The van der Waals surface area contributed by atoms with Crippen LogP contribution in [0.4, 0.5) is 0 Å². The maximum Gasteiger partial charge on any atom is 1.00 e. The minimum absolute atomic E-state index is 0. The van der Waals surface area contributed by atoms with E-state index in [9.17, 15) is 47.0 Å². The summed E-state index contributed by atoms with van der Waals surface area (Å²) in [7, 11) is -21.1. The molecule has 0 saturated carbocycles. The van der Waals surface area contributed by atoms with E-state index in [-0.39, 0.29) is 104 Å². The van der Waals surface area contributed by atoms with Crippen LogP contribution in [0.1, 0.15) is 289 Å². The predicted octanol–water partition coefficient (Wildman–Crippen LogP) is 11.5. The molecule has 0 bridgehead atoms. The van der Waals surface area contributed by atoms with Gasteiger partial charge in [0.1, 0.15) is 16.8 Å². The first-order valence-corrected chi connectivity index (χ1v) is 38.9. The van der Waals surface area contributed by atoms with E-state index in [1.165, 1.54) is 0 Å². The number of ether oxygens (including phenoxy) is 3. The number of hydrogen-bond acceptors (Lipinski definition) is 19. The molecule has 96 heavy (non-hydrogen) atoms. The minimum Gasteiger partial charge on any atom is -0.756 e. The van der Waals surface area contributed by atoms with Crippen molar-refractivity contribution in [2.24, 2.45) is 58.9 Å². The Morgan fingerprint density at radius 2 is 0.823 bits per heavy atom. The van der Waals surface area contributed by atoms with Gasteiger partial charge in [0.25, 0.3) is 7.82 Å². The Morgan fingerprint density at radius 3 is 1.00 bits per heavy atom. The van der Waals surface area contributed by atoms with Crippen LogP contribution in [0.3, 0.4) is 0 Å². The Bertz CT molecular complexity index is 3240. The maximum absolute atomic E-state index is 12.7. The molecule has 0 aromatic carbocycles. The molecule has 0 spiro atoms. The average Bonchev–Trinajstić information content (AvgIpc) is 0.747. The molecule has 33 heteroatoms. The number of carboxylic acids is 1. The molecule has 26 nitrogen and oxygen atoms in total. The fourth-order valence-electron chi connectivity index (χ4n) is 6.95. The zero-order chi connectivity index (χ0) is 100. The maximum atomic E-state index is 12.7. The number of amides is 2. The van der Waals surface area contributed by atoms with E-state index >= 15 is 0 Å². The molecule has 1 fully saturated rings. The van der Waals surface area contributed by atoms with Crippen molar-refractivity contribution >= 4 is 83.6 Å². The minimum atomic E-state index is -4.89. The quantitative estimate of drug-likeness (QED) is 0.0138. The Morgan fingerprint density at radius 1 is 0.573 bits per heavy atom. The monoisotopic (exact) mass is 1540 g/mol. The molecule has 9 N–H and O–H groups in total. The molecule has 3 unspecified atom stereocenters. The summed E-state index contributed by atoms with van der Waals surface area (Å²) in [6, 6.07) is 0. The van der Waals surface area contributed by atoms with Gasteiger partial charge in [0, 0.05) is 63.9 Å². The third-order valence-electron chi connectivity index (χ3n) is 9.74. The van der Waals surface area contributed by atoms with E-state index in [0.717, 1.165) is 20.8 Å². The topological polar surface area (TPSA) is 417 Å². The molecule has 0 aliphatic carbocycles. The fourth-order valence-corrected chi connectivity index (χ4v) is 16.9. The van der Waals surface area contributed by atoms with Crippen LogP contribution in [-0.4, -0.2) is 125 Å². The fraction of sp³-hybridized carbons (Fsp3) is 0.905. The Labute approximate surface area is 642 Å². The third-order valence-corrected chi connectivity index (χ3v) is 19.7. The summed E-state index contributed by atoms with van der Waals surface area (Å²) in [6.45, 7) is 17.4. The molecule has 0 aromatic heterocycles. The van der Waals surface area contributed by atoms with Gasteiger partial charge in [-0.1, -0.05) is 111 Å². The number of nitrogens with two attached hydrogens (primary N) is 1. The van der Waals surface area contributed by atoms with Crippen molar-refractivity contribution in [1.29, 1.82) is 3.84 Å². The van der Waals surface area contributed by atoms with Gasteiger partial charge in [-0.25, -0.2) is 12.9 Å². The van der Waals surface area contributed by atoms with Crippen LogP contribution in [0, 0.1) is 53.2 Å². The number of carbonyl (C=O) groups excluding carboxylic acids is 5. The zero-order valence-electron chi connectivity index (χ0n) is 87.7. The third kappa shape index (κ3) is 80.4. The van der Waals surface area contributed by atoms with Gasteiger partial charge in [-0.3, -0.25) is 51.6 Å². The van der Waals surface area contributed by atoms with Crippen LogP contribution in [0.15, 0.2) is 0 Å². The summed E-state index contributed by atoms with van der Waals surface area (Å²) in [5.74, 6) is -15.3. The first-order valence-electron chi connectivity index (χ1n) is 43.7. The molecule has 1 heterocycles. The smallest absolute Gasteiger partial charge is 0.756 e. The van der Waals surface area contributed by atoms with Crippen molar-refractivity contribution in [2.75, 3.05) is 44.1 Å². The molecule has 1 saturated heterocycles. The van der Waals surface area contributed by atoms with Gasteiger partial charge in [0.15, 0.2) is 0 Å². The van der Waals surface area contributed by atoms with Crippen molar-refractivity contribution < 1.29 is 171 Å². The van der Waals surface area contributed by atoms with Crippen LogP contribution < -0.4 is 50.8 Å². The summed E-state index contributed by atoms with van der Waals surface area (Å²) in [4.78, 5) is 111. The van der Waals surface area contributed by atoms with E-state index in [1.807, 2.05) is 24.5 Å². The normalized spacial score (nSPS) is 25.1. The number of rotatable bonds is 31.